The molecule has 0 unspecified atom stereocenters. The molecule has 5 nitrogen and oxygen atoms in total. The lowest BCUT2D eigenvalue weighted by atomic mass is 10.1. The molecule has 0 fully saturated rings. The third-order valence-electron chi connectivity index (χ3n) is 2.00. The van der Waals surface area contributed by atoms with Gasteiger partial charge in [0, 0.05) is 0 Å². The lowest BCUT2D eigenvalue weighted by molar-refractivity contribution is 0.0700. The number of H-pyrrole nitrogens is 1. The highest BCUT2D eigenvalue weighted by atomic mass is 35.5. The maximum Gasteiger partial charge on any atom is 0.182 e. The average molecular weight is 227 g/mol. The van der Waals surface area contributed by atoms with Gasteiger partial charge in [-0.15, -0.1) is 0 Å². The Morgan fingerprint density at radius 2 is 1.93 bits per heavy atom. The normalized spacial score (nSPS) is 12.3. The highest BCUT2D eigenvalue weighted by Gasteiger charge is 2.22. The second-order valence-corrected chi connectivity index (χ2v) is 4.26. The van der Waals surface area contributed by atoms with Gasteiger partial charge in [0.2, 0.25) is 0 Å². The number of aliphatic hydroxyl groups is 1. The van der Waals surface area contributed by atoms with Gasteiger partial charge in [0.05, 0.1) is 0 Å². The van der Waals surface area contributed by atoms with Crippen LogP contribution in [0.25, 0.3) is 11.2 Å². The molecule has 0 bridgehead atoms. The Morgan fingerprint density at radius 3 is 2.53 bits per heavy atom. The SMILES string of the molecule is Cc1nc(Cl)c2[nH]c(C(C)(C)O)nc2n1. The minimum absolute atomic E-state index is 0.320. The molecule has 15 heavy (non-hydrogen) atoms. The predicted octanol–water partition coefficient (Wildman–Crippen LogP) is 1.54. The molecule has 0 spiro atoms. The first-order chi connectivity index (χ1) is 6.88. The summed E-state index contributed by atoms with van der Waals surface area (Å²) >= 11 is 5.92. The van der Waals surface area contributed by atoms with Crippen molar-refractivity contribution in [2.75, 3.05) is 0 Å². The van der Waals surface area contributed by atoms with Crippen LogP contribution in [0.1, 0.15) is 25.5 Å². The summed E-state index contributed by atoms with van der Waals surface area (Å²) < 4.78 is 0. The predicted molar refractivity (Wildman–Crippen MR) is 56.7 cm³/mol. The molecule has 2 heterocycles. The van der Waals surface area contributed by atoms with Gasteiger partial charge in [-0.2, -0.15) is 0 Å². The first-order valence-corrected chi connectivity index (χ1v) is 4.88. The standard InChI is InChI=1S/C9H11ClN4O/c1-4-11-6(10)5-7(12-4)14-8(13-5)9(2,3)15/h15H,1-3H3,(H,11,12,13,14). The minimum atomic E-state index is -1.04. The number of halogens is 1. The largest absolute Gasteiger partial charge is 0.383 e. The van der Waals surface area contributed by atoms with Gasteiger partial charge in [0.15, 0.2) is 10.8 Å². The van der Waals surface area contributed by atoms with Crippen molar-refractivity contribution in [2.45, 2.75) is 26.4 Å². The van der Waals surface area contributed by atoms with Gasteiger partial charge in [-0.05, 0) is 20.8 Å². The van der Waals surface area contributed by atoms with Crippen molar-refractivity contribution in [3.63, 3.8) is 0 Å². The molecule has 0 aromatic carbocycles. The number of nitrogens with zero attached hydrogens (tertiary/aromatic N) is 3. The Balaban J connectivity index is 2.71. The molecule has 0 radical (unpaired) electrons. The molecular weight excluding hydrogens is 216 g/mol. The smallest absolute Gasteiger partial charge is 0.182 e. The highest BCUT2D eigenvalue weighted by Crippen LogP contribution is 2.23. The van der Waals surface area contributed by atoms with Gasteiger partial charge >= 0.3 is 0 Å². The summed E-state index contributed by atoms with van der Waals surface area (Å²) in [5, 5.41) is 10.1. The van der Waals surface area contributed by atoms with Gasteiger partial charge in [0.25, 0.3) is 0 Å². The number of nitrogens with one attached hydrogen (secondary N) is 1. The van der Waals surface area contributed by atoms with Crippen molar-refractivity contribution in [3.05, 3.63) is 16.8 Å². The maximum absolute atomic E-state index is 9.77. The van der Waals surface area contributed by atoms with Crippen LogP contribution >= 0.6 is 11.6 Å². The van der Waals surface area contributed by atoms with Gasteiger partial charge in [-0.1, -0.05) is 11.6 Å². The van der Waals surface area contributed by atoms with E-state index in [2.05, 4.69) is 19.9 Å². The Morgan fingerprint density at radius 1 is 1.27 bits per heavy atom. The van der Waals surface area contributed by atoms with E-state index in [1.54, 1.807) is 20.8 Å². The van der Waals surface area contributed by atoms with E-state index in [9.17, 15) is 5.11 Å². The van der Waals surface area contributed by atoms with E-state index in [1.165, 1.54) is 0 Å². The summed E-state index contributed by atoms with van der Waals surface area (Å²) in [4.78, 5) is 15.2. The number of aromatic amines is 1. The molecule has 0 saturated carbocycles. The fraction of sp³-hybridized carbons (Fsp3) is 0.444. The van der Waals surface area contributed by atoms with Crippen LogP contribution < -0.4 is 0 Å². The van der Waals surface area contributed by atoms with Crippen LogP contribution in [-0.2, 0) is 5.60 Å². The molecule has 2 rings (SSSR count). The van der Waals surface area contributed by atoms with Crippen LogP contribution in [0.2, 0.25) is 5.15 Å². The number of fused-ring (bicyclic) bond motifs is 1. The van der Waals surface area contributed by atoms with Crippen molar-refractivity contribution in [2.24, 2.45) is 0 Å². The molecule has 0 aliphatic rings. The van der Waals surface area contributed by atoms with E-state index in [4.69, 9.17) is 11.6 Å². The molecule has 2 aromatic heterocycles. The van der Waals surface area contributed by atoms with E-state index in [0.717, 1.165) is 0 Å². The molecule has 0 aliphatic carbocycles. The van der Waals surface area contributed by atoms with Crippen molar-refractivity contribution in [1.29, 1.82) is 0 Å². The molecular formula is C9H11ClN4O. The summed E-state index contributed by atoms with van der Waals surface area (Å²) in [7, 11) is 0. The lowest BCUT2D eigenvalue weighted by Crippen LogP contribution is -2.17. The van der Waals surface area contributed by atoms with Crippen molar-refractivity contribution in [3.8, 4) is 0 Å². The fourth-order valence-electron chi connectivity index (χ4n) is 1.25. The number of imidazole rings is 1. The van der Waals surface area contributed by atoms with Gasteiger partial charge in [0.1, 0.15) is 22.8 Å². The first-order valence-electron chi connectivity index (χ1n) is 4.50. The highest BCUT2D eigenvalue weighted by molar-refractivity contribution is 6.33. The van der Waals surface area contributed by atoms with E-state index < -0.39 is 5.60 Å². The van der Waals surface area contributed by atoms with E-state index in [0.29, 0.717) is 28.0 Å². The quantitative estimate of drug-likeness (QED) is 0.724. The van der Waals surface area contributed by atoms with Crippen molar-refractivity contribution in [1.82, 2.24) is 19.9 Å². The monoisotopic (exact) mass is 226 g/mol. The van der Waals surface area contributed by atoms with Gasteiger partial charge in [-0.25, -0.2) is 15.0 Å². The minimum Gasteiger partial charge on any atom is -0.383 e. The molecule has 0 saturated heterocycles. The Labute approximate surface area is 91.5 Å². The molecule has 0 aliphatic heterocycles. The maximum atomic E-state index is 9.77. The van der Waals surface area contributed by atoms with E-state index in [1.807, 2.05) is 0 Å². The number of aromatic nitrogens is 4. The number of hydrogen-bond acceptors (Lipinski definition) is 4. The van der Waals surface area contributed by atoms with Gasteiger partial charge in [-0.3, -0.25) is 0 Å². The van der Waals surface area contributed by atoms with Crippen LogP contribution in [0.4, 0.5) is 0 Å². The Kier molecular flexibility index (Phi) is 2.17. The van der Waals surface area contributed by atoms with Crippen LogP contribution in [0.15, 0.2) is 0 Å². The van der Waals surface area contributed by atoms with Crippen LogP contribution in [0.5, 0.6) is 0 Å². The van der Waals surface area contributed by atoms with E-state index in [-0.39, 0.29) is 0 Å². The second-order valence-electron chi connectivity index (χ2n) is 3.90. The number of aryl methyl sites for hydroxylation is 1. The summed E-state index contributed by atoms with van der Waals surface area (Å²) in [6, 6.07) is 0. The zero-order chi connectivity index (χ0) is 11.2. The molecule has 0 atom stereocenters. The summed E-state index contributed by atoms with van der Waals surface area (Å²) in [6.45, 7) is 5.02. The zero-order valence-electron chi connectivity index (χ0n) is 8.67. The Hall–Kier alpha value is -1.20. The summed E-state index contributed by atoms with van der Waals surface area (Å²) in [6.07, 6.45) is 0. The Bertz CT molecular complexity index is 515. The molecule has 80 valence electrons. The van der Waals surface area contributed by atoms with Crippen LogP contribution in [-0.4, -0.2) is 25.0 Å². The fourth-order valence-corrected chi connectivity index (χ4v) is 1.51. The molecule has 6 heteroatoms. The first kappa shape index (κ1) is 10.3. The van der Waals surface area contributed by atoms with Crippen LogP contribution in [0.3, 0.4) is 0 Å². The van der Waals surface area contributed by atoms with Gasteiger partial charge < -0.3 is 10.1 Å². The molecule has 2 aromatic rings. The summed E-state index contributed by atoms with van der Waals surface area (Å²) in [5.41, 5.74) is -0.0122. The second kappa shape index (κ2) is 3.15. The van der Waals surface area contributed by atoms with Crippen molar-refractivity contribution >= 4 is 22.8 Å². The summed E-state index contributed by atoms with van der Waals surface area (Å²) in [5.74, 6) is 0.987. The van der Waals surface area contributed by atoms with E-state index >= 15 is 0 Å². The lowest BCUT2D eigenvalue weighted by Gasteiger charge is -2.12. The zero-order valence-corrected chi connectivity index (χ0v) is 9.42. The average Bonchev–Trinajstić information content (AvgIpc) is 2.46. The third-order valence-corrected chi connectivity index (χ3v) is 2.27. The number of rotatable bonds is 1. The number of hydrogen-bond donors (Lipinski definition) is 2. The molecule has 2 N–H and O–H groups in total. The van der Waals surface area contributed by atoms with Crippen molar-refractivity contribution < 1.29 is 5.11 Å². The molecule has 0 amide bonds. The van der Waals surface area contributed by atoms with Crippen LogP contribution in [0, 0.1) is 6.92 Å². The third kappa shape index (κ3) is 1.80. The topological polar surface area (TPSA) is 74.7 Å².